The van der Waals surface area contributed by atoms with E-state index in [-0.39, 0.29) is 5.75 Å². The molecule has 2 aromatic carbocycles. The summed E-state index contributed by atoms with van der Waals surface area (Å²) in [4.78, 5) is 0. The Morgan fingerprint density at radius 3 is 2.16 bits per heavy atom. The van der Waals surface area contributed by atoms with Gasteiger partial charge in [-0.15, -0.1) is 0 Å². The molecule has 2 N–H and O–H groups in total. The molecular weight excluding hydrogens is 310 g/mol. The van der Waals surface area contributed by atoms with Crippen molar-refractivity contribution in [3.05, 3.63) is 42.0 Å². The van der Waals surface area contributed by atoms with Gasteiger partial charge in [0.2, 0.25) is 0 Å². The van der Waals surface area contributed by atoms with E-state index in [0.717, 1.165) is 23.6 Å². The molecule has 0 saturated carbocycles. The van der Waals surface area contributed by atoms with Crippen molar-refractivity contribution in [3.8, 4) is 5.75 Å². The SMILES string of the molecule is CCCCCCCCCCC/C(=N/O)c1c(O)ccc2ccccc12. The molecule has 0 aliphatic carbocycles. The minimum Gasteiger partial charge on any atom is -0.507 e. The van der Waals surface area contributed by atoms with Gasteiger partial charge in [0.1, 0.15) is 5.75 Å². The highest BCUT2D eigenvalue weighted by atomic mass is 16.4. The van der Waals surface area contributed by atoms with Crippen LogP contribution in [-0.2, 0) is 0 Å². The van der Waals surface area contributed by atoms with Gasteiger partial charge < -0.3 is 10.3 Å². The maximum atomic E-state index is 10.3. The molecule has 0 aliphatic heterocycles. The molecule has 3 heteroatoms. The number of fused-ring (bicyclic) bond motifs is 1. The molecule has 0 saturated heterocycles. The summed E-state index contributed by atoms with van der Waals surface area (Å²) in [6.45, 7) is 2.24. The summed E-state index contributed by atoms with van der Waals surface area (Å²) in [5.41, 5.74) is 1.25. The Balaban J connectivity index is 1.85. The molecule has 3 nitrogen and oxygen atoms in total. The van der Waals surface area contributed by atoms with Crippen LogP contribution in [0.4, 0.5) is 0 Å². The third-order valence-electron chi connectivity index (χ3n) is 4.83. The fourth-order valence-corrected chi connectivity index (χ4v) is 3.39. The van der Waals surface area contributed by atoms with E-state index in [1.165, 1.54) is 44.9 Å². The van der Waals surface area contributed by atoms with E-state index in [9.17, 15) is 10.3 Å². The summed E-state index contributed by atoms with van der Waals surface area (Å²) >= 11 is 0. The Morgan fingerprint density at radius 2 is 1.48 bits per heavy atom. The van der Waals surface area contributed by atoms with Crippen LogP contribution in [0.3, 0.4) is 0 Å². The second kappa shape index (κ2) is 10.8. The number of aromatic hydroxyl groups is 1. The van der Waals surface area contributed by atoms with Crippen LogP contribution in [0, 0.1) is 0 Å². The van der Waals surface area contributed by atoms with Crippen molar-refractivity contribution < 1.29 is 10.3 Å². The fraction of sp³-hybridized carbons (Fsp3) is 0.500. The maximum absolute atomic E-state index is 10.3. The lowest BCUT2D eigenvalue weighted by Crippen LogP contribution is -2.03. The van der Waals surface area contributed by atoms with Crippen molar-refractivity contribution in [2.75, 3.05) is 0 Å². The van der Waals surface area contributed by atoms with Gasteiger partial charge in [-0.05, 0) is 29.7 Å². The van der Waals surface area contributed by atoms with E-state index in [0.29, 0.717) is 17.7 Å². The van der Waals surface area contributed by atoms with Gasteiger partial charge in [-0.3, -0.25) is 0 Å². The van der Waals surface area contributed by atoms with Crippen molar-refractivity contribution in [1.82, 2.24) is 0 Å². The lowest BCUT2D eigenvalue weighted by Gasteiger charge is -2.11. The normalized spacial score (nSPS) is 12.0. The number of rotatable bonds is 11. The van der Waals surface area contributed by atoms with Crippen molar-refractivity contribution in [1.29, 1.82) is 0 Å². The number of hydrogen-bond donors (Lipinski definition) is 2. The first-order valence-electron chi connectivity index (χ1n) is 9.70. The zero-order valence-electron chi connectivity index (χ0n) is 15.4. The first-order chi connectivity index (χ1) is 12.3. The average Bonchev–Trinajstić information content (AvgIpc) is 2.64. The second-order valence-corrected chi connectivity index (χ2v) is 6.81. The van der Waals surface area contributed by atoms with Crippen LogP contribution in [-0.4, -0.2) is 16.0 Å². The van der Waals surface area contributed by atoms with E-state index in [4.69, 9.17) is 0 Å². The zero-order valence-corrected chi connectivity index (χ0v) is 15.4. The highest BCUT2D eigenvalue weighted by Gasteiger charge is 2.13. The first kappa shape index (κ1) is 19.3. The largest absolute Gasteiger partial charge is 0.507 e. The van der Waals surface area contributed by atoms with Crippen LogP contribution in [0.1, 0.15) is 76.7 Å². The number of phenols is 1. The summed E-state index contributed by atoms with van der Waals surface area (Å²) in [5.74, 6) is 0.183. The molecule has 0 atom stereocenters. The van der Waals surface area contributed by atoms with Crippen molar-refractivity contribution in [2.45, 2.75) is 71.1 Å². The molecule has 0 unspecified atom stereocenters. The van der Waals surface area contributed by atoms with Crippen LogP contribution in [0.15, 0.2) is 41.6 Å². The van der Waals surface area contributed by atoms with Gasteiger partial charge in [-0.25, -0.2) is 0 Å². The third kappa shape index (κ3) is 5.77. The molecule has 0 heterocycles. The monoisotopic (exact) mass is 341 g/mol. The predicted molar refractivity (Wildman–Crippen MR) is 106 cm³/mol. The molecule has 0 amide bonds. The van der Waals surface area contributed by atoms with E-state index < -0.39 is 0 Å². The Labute approximate surface area is 151 Å². The predicted octanol–water partition coefficient (Wildman–Crippen LogP) is 6.64. The van der Waals surface area contributed by atoms with Gasteiger partial charge in [-0.2, -0.15) is 0 Å². The standard InChI is InChI=1S/C22H31NO2/c1-2-3-4-5-6-7-8-9-10-15-20(23-25)22-19-14-12-11-13-18(19)16-17-21(22)24/h11-14,16-17,24-25H,2-10,15H2,1H3/b23-20-. The Kier molecular flexibility index (Phi) is 8.30. The molecule has 2 aromatic rings. The molecule has 2 rings (SSSR count). The Morgan fingerprint density at radius 1 is 0.840 bits per heavy atom. The number of nitrogens with zero attached hydrogens (tertiary/aromatic N) is 1. The van der Waals surface area contributed by atoms with E-state index in [2.05, 4.69) is 12.1 Å². The summed E-state index contributed by atoms with van der Waals surface area (Å²) in [7, 11) is 0. The highest BCUT2D eigenvalue weighted by molar-refractivity contribution is 6.12. The van der Waals surface area contributed by atoms with Gasteiger partial charge in [-0.1, -0.05) is 93.8 Å². The molecule has 0 bridgehead atoms. The van der Waals surface area contributed by atoms with E-state index in [1.807, 2.05) is 30.3 Å². The third-order valence-corrected chi connectivity index (χ3v) is 4.83. The van der Waals surface area contributed by atoms with Gasteiger partial charge in [0.15, 0.2) is 0 Å². The fourth-order valence-electron chi connectivity index (χ4n) is 3.39. The lowest BCUT2D eigenvalue weighted by atomic mass is 9.96. The molecule has 0 spiro atoms. The summed E-state index contributed by atoms with van der Waals surface area (Å²) in [6.07, 6.45) is 12.0. The summed E-state index contributed by atoms with van der Waals surface area (Å²) < 4.78 is 0. The van der Waals surface area contributed by atoms with Crippen molar-refractivity contribution in [3.63, 3.8) is 0 Å². The number of hydrogen-bond acceptors (Lipinski definition) is 3. The average molecular weight is 341 g/mol. The van der Waals surface area contributed by atoms with Crippen LogP contribution < -0.4 is 0 Å². The molecule has 0 radical (unpaired) electrons. The number of phenolic OH excluding ortho intramolecular Hbond substituents is 1. The Hall–Kier alpha value is -2.03. The maximum Gasteiger partial charge on any atom is 0.125 e. The topological polar surface area (TPSA) is 52.8 Å². The quantitative estimate of drug-likeness (QED) is 0.208. The minimum atomic E-state index is 0.183. The second-order valence-electron chi connectivity index (χ2n) is 6.81. The zero-order chi connectivity index (χ0) is 17.9. The van der Waals surface area contributed by atoms with Crippen LogP contribution in [0.25, 0.3) is 10.8 Å². The number of oxime groups is 1. The lowest BCUT2D eigenvalue weighted by molar-refractivity contribution is 0.317. The molecule has 25 heavy (non-hydrogen) atoms. The highest BCUT2D eigenvalue weighted by Crippen LogP contribution is 2.29. The summed E-state index contributed by atoms with van der Waals surface area (Å²) in [6, 6.07) is 11.5. The van der Waals surface area contributed by atoms with Crippen LogP contribution in [0.5, 0.6) is 5.75 Å². The number of benzene rings is 2. The van der Waals surface area contributed by atoms with Crippen molar-refractivity contribution >= 4 is 16.5 Å². The molecular formula is C22H31NO2. The van der Waals surface area contributed by atoms with Gasteiger partial charge in [0.25, 0.3) is 0 Å². The van der Waals surface area contributed by atoms with Gasteiger partial charge >= 0.3 is 0 Å². The smallest absolute Gasteiger partial charge is 0.125 e. The van der Waals surface area contributed by atoms with Crippen molar-refractivity contribution in [2.24, 2.45) is 5.16 Å². The molecule has 0 aromatic heterocycles. The Bertz CT molecular complexity index is 679. The molecule has 0 fully saturated rings. The van der Waals surface area contributed by atoms with E-state index >= 15 is 0 Å². The molecule has 136 valence electrons. The van der Waals surface area contributed by atoms with Crippen LogP contribution in [0.2, 0.25) is 0 Å². The van der Waals surface area contributed by atoms with E-state index in [1.54, 1.807) is 6.07 Å². The minimum absolute atomic E-state index is 0.183. The summed E-state index contributed by atoms with van der Waals surface area (Å²) in [5, 5.41) is 25.2. The molecule has 0 aliphatic rings. The van der Waals surface area contributed by atoms with Crippen LogP contribution >= 0.6 is 0 Å². The first-order valence-corrected chi connectivity index (χ1v) is 9.70. The van der Waals surface area contributed by atoms with Gasteiger partial charge in [0.05, 0.1) is 5.71 Å². The number of unbranched alkanes of at least 4 members (excludes halogenated alkanes) is 8. The van der Waals surface area contributed by atoms with Gasteiger partial charge in [0, 0.05) is 5.56 Å².